The van der Waals surface area contributed by atoms with Gasteiger partial charge in [0.2, 0.25) is 0 Å². The first-order valence-electron chi connectivity index (χ1n) is 12.7. The number of anilines is 5. The molecular weight excluding hydrogens is 556 g/mol. The summed E-state index contributed by atoms with van der Waals surface area (Å²) in [6.45, 7) is 0. The topological polar surface area (TPSA) is 146 Å². The number of amides is 1. The van der Waals surface area contributed by atoms with Crippen molar-refractivity contribution in [3.05, 3.63) is 96.6 Å². The summed E-state index contributed by atoms with van der Waals surface area (Å²) in [6.07, 6.45) is 0. The van der Waals surface area contributed by atoms with E-state index in [1.165, 1.54) is 37.4 Å². The first-order chi connectivity index (χ1) is 20.1. The van der Waals surface area contributed by atoms with Crippen LogP contribution in [-0.4, -0.2) is 50.6 Å². The fraction of sp³-hybridized carbons (Fsp3) is 0.100. The third kappa shape index (κ3) is 6.34. The van der Waals surface area contributed by atoms with E-state index in [9.17, 15) is 18.3 Å². The Morgan fingerprint density at radius 1 is 0.833 bits per heavy atom. The summed E-state index contributed by atoms with van der Waals surface area (Å²) in [5, 5.41) is 15.8. The number of aromatic nitrogens is 2. The van der Waals surface area contributed by atoms with Crippen LogP contribution >= 0.6 is 0 Å². The second-order valence-corrected chi connectivity index (χ2v) is 11.2. The molecule has 42 heavy (non-hydrogen) atoms. The second kappa shape index (κ2) is 11.6. The van der Waals surface area contributed by atoms with E-state index in [1.54, 1.807) is 48.5 Å². The van der Waals surface area contributed by atoms with E-state index in [0.29, 0.717) is 33.7 Å². The molecule has 214 valence electrons. The third-order valence-corrected chi connectivity index (χ3v) is 7.58. The molecule has 0 fully saturated rings. The molecule has 4 aromatic carbocycles. The predicted octanol–water partition coefficient (Wildman–Crippen LogP) is 5.21. The first kappa shape index (κ1) is 28.2. The number of benzene rings is 4. The Morgan fingerprint density at radius 3 is 2.19 bits per heavy atom. The van der Waals surface area contributed by atoms with Gasteiger partial charge in [-0.2, -0.15) is 0 Å². The fourth-order valence-electron chi connectivity index (χ4n) is 4.11. The third-order valence-electron chi connectivity index (χ3n) is 6.24. The molecule has 0 saturated carbocycles. The molecule has 11 nitrogen and oxygen atoms in total. The Bertz CT molecular complexity index is 1880. The maximum Gasteiger partial charge on any atom is 0.263 e. The lowest BCUT2D eigenvalue weighted by atomic mass is 10.2. The number of nitrogens with one attached hydrogen (secondary N) is 3. The average molecular weight is 585 g/mol. The number of rotatable bonds is 9. The Morgan fingerprint density at radius 2 is 1.52 bits per heavy atom. The molecule has 0 atom stereocenters. The Kier molecular flexibility index (Phi) is 7.80. The maximum atomic E-state index is 13.5. The van der Waals surface area contributed by atoms with Crippen LogP contribution in [0.1, 0.15) is 10.4 Å². The predicted molar refractivity (Wildman–Crippen MR) is 163 cm³/mol. The van der Waals surface area contributed by atoms with Crippen molar-refractivity contribution in [1.82, 2.24) is 9.97 Å². The Hall–Kier alpha value is -5.36. The molecule has 1 aromatic heterocycles. The van der Waals surface area contributed by atoms with Crippen molar-refractivity contribution in [3.8, 4) is 11.5 Å². The lowest BCUT2D eigenvalue weighted by molar-refractivity contribution is 0.102. The summed E-state index contributed by atoms with van der Waals surface area (Å²) in [6, 6.07) is 24.4. The maximum absolute atomic E-state index is 13.5. The number of nitrogens with zero attached hydrogens (tertiary/aromatic N) is 3. The molecule has 0 aliphatic heterocycles. The summed E-state index contributed by atoms with van der Waals surface area (Å²) in [7, 11) is 1.09. The number of methoxy groups -OCH3 is 1. The summed E-state index contributed by atoms with van der Waals surface area (Å²) < 4.78 is 34.8. The molecule has 0 aliphatic carbocycles. The smallest absolute Gasteiger partial charge is 0.263 e. The van der Waals surface area contributed by atoms with Crippen LogP contribution in [-0.2, 0) is 10.0 Å². The van der Waals surface area contributed by atoms with Crippen molar-refractivity contribution < 1.29 is 23.1 Å². The van der Waals surface area contributed by atoms with E-state index in [0.717, 1.165) is 5.69 Å². The van der Waals surface area contributed by atoms with Gasteiger partial charge in [0.25, 0.3) is 15.9 Å². The largest absolute Gasteiger partial charge is 0.508 e. The Balaban J connectivity index is 1.43. The lowest BCUT2D eigenvalue weighted by Crippen LogP contribution is -2.17. The number of carbonyl (C=O) groups is 1. The van der Waals surface area contributed by atoms with E-state index in [4.69, 9.17) is 4.74 Å². The van der Waals surface area contributed by atoms with Gasteiger partial charge in [0, 0.05) is 54.9 Å². The molecule has 0 saturated heterocycles. The number of para-hydroxylation sites is 2. The molecule has 0 unspecified atom stereocenters. The molecule has 0 radical (unpaired) electrons. The van der Waals surface area contributed by atoms with E-state index in [1.807, 2.05) is 31.1 Å². The van der Waals surface area contributed by atoms with Crippen molar-refractivity contribution in [1.29, 1.82) is 0 Å². The number of hydrogen-bond acceptors (Lipinski definition) is 9. The molecular formula is C30H28N6O5S. The Labute approximate surface area is 242 Å². The molecule has 4 N–H and O–H groups in total. The van der Waals surface area contributed by atoms with E-state index in [2.05, 4.69) is 25.3 Å². The van der Waals surface area contributed by atoms with Crippen LogP contribution in [0.25, 0.3) is 11.0 Å². The monoisotopic (exact) mass is 584 g/mol. The van der Waals surface area contributed by atoms with E-state index in [-0.39, 0.29) is 28.2 Å². The molecule has 0 bridgehead atoms. The quantitative estimate of drug-likeness (QED) is 0.183. The molecule has 12 heteroatoms. The minimum atomic E-state index is -4.18. The number of hydrogen-bond donors (Lipinski definition) is 4. The van der Waals surface area contributed by atoms with E-state index >= 15 is 0 Å². The molecule has 1 heterocycles. The lowest BCUT2D eigenvalue weighted by Gasteiger charge is -2.15. The van der Waals surface area contributed by atoms with Gasteiger partial charge in [0.15, 0.2) is 11.6 Å². The van der Waals surface area contributed by atoms with Gasteiger partial charge >= 0.3 is 0 Å². The highest BCUT2D eigenvalue weighted by Gasteiger charge is 2.20. The van der Waals surface area contributed by atoms with Gasteiger partial charge in [-0.15, -0.1) is 0 Å². The normalized spacial score (nSPS) is 11.1. The van der Waals surface area contributed by atoms with Crippen LogP contribution in [0.2, 0.25) is 0 Å². The first-order valence-corrected chi connectivity index (χ1v) is 14.2. The second-order valence-electron chi connectivity index (χ2n) is 9.48. The zero-order valence-corrected chi connectivity index (χ0v) is 23.8. The molecule has 0 aliphatic rings. The SMILES string of the molecule is COc1cc(O)cc(Nc2nc3ccccc3nc2NS(=O)(=O)c2cccc(NC(=O)c3ccc(N(C)C)cc3)c2)c1. The molecule has 1 amide bonds. The summed E-state index contributed by atoms with van der Waals surface area (Å²) in [4.78, 5) is 23.7. The van der Waals surface area contributed by atoms with Gasteiger partial charge in [0.1, 0.15) is 11.5 Å². The molecule has 0 spiro atoms. The van der Waals surface area contributed by atoms with Crippen LogP contribution in [0, 0.1) is 0 Å². The summed E-state index contributed by atoms with van der Waals surface area (Å²) in [5.41, 5.74) is 3.07. The fourth-order valence-corrected chi connectivity index (χ4v) is 5.16. The van der Waals surface area contributed by atoms with Gasteiger partial charge in [-0.3, -0.25) is 9.52 Å². The molecule has 5 aromatic rings. The number of aromatic hydroxyl groups is 1. The highest BCUT2D eigenvalue weighted by Crippen LogP contribution is 2.31. The van der Waals surface area contributed by atoms with Crippen molar-refractivity contribution in [2.75, 3.05) is 41.5 Å². The summed E-state index contributed by atoms with van der Waals surface area (Å²) in [5.74, 6) is -0.000609. The number of sulfonamides is 1. The minimum Gasteiger partial charge on any atom is -0.508 e. The zero-order valence-electron chi connectivity index (χ0n) is 23.0. The van der Waals surface area contributed by atoms with Gasteiger partial charge in [-0.25, -0.2) is 18.4 Å². The van der Waals surface area contributed by atoms with Crippen LogP contribution in [0.4, 0.5) is 28.7 Å². The van der Waals surface area contributed by atoms with E-state index < -0.39 is 10.0 Å². The highest BCUT2D eigenvalue weighted by molar-refractivity contribution is 7.92. The van der Waals surface area contributed by atoms with Gasteiger partial charge in [-0.1, -0.05) is 18.2 Å². The number of carbonyl (C=O) groups excluding carboxylic acids is 1. The summed E-state index contributed by atoms with van der Waals surface area (Å²) >= 11 is 0. The van der Waals surface area contributed by atoms with Crippen LogP contribution < -0.4 is 25.0 Å². The minimum absolute atomic E-state index is 0.0553. The van der Waals surface area contributed by atoms with Crippen LogP contribution in [0.5, 0.6) is 11.5 Å². The van der Waals surface area contributed by atoms with Gasteiger partial charge in [0.05, 0.1) is 23.0 Å². The van der Waals surface area contributed by atoms with Crippen molar-refractivity contribution in [3.63, 3.8) is 0 Å². The zero-order chi connectivity index (χ0) is 29.9. The molecule has 5 rings (SSSR count). The van der Waals surface area contributed by atoms with Crippen molar-refractivity contribution in [2.45, 2.75) is 4.90 Å². The average Bonchev–Trinajstić information content (AvgIpc) is 2.97. The van der Waals surface area contributed by atoms with Crippen LogP contribution in [0.15, 0.2) is 95.9 Å². The number of phenols is 1. The van der Waals surface area contributed by atoms with Gasteiger partial charge in [-0.05, 0) is 54.6 Å². The van der Waals surface area contributed by atoms with Crippen molar-refractivity contribution in [2.24, 2.45) is 0 Å². The standard InChI is InChI=1S/C30H28N6O5S/c1-36(2)22-13-11-19(12-14-22)30(38)32-20-7-6-8-25(17-20)42(39,40)35-29-28(33-26-9-4-5-10-27(26)34-29)31-21-15-23(37)18-24(16-21)41-3/h4-18,37H,1-3H3,(H,31,33)(H,32,38)(H,34,35). The number of fused-ring (bicyclic) bond motifs is 1. The number of ether oxygens (including phenoxy) is 1. The highest BCUT2D eigenvalue weighted by atomic mass is 32.2. The van der Waals surface area contributed by atoms with Crippen LogP contribution in [0.3, 0.4) is 0 Å². The number of phenolic OH excluding ortho intramolecular Hbond substituents is 1. The van der Waals surface area contributed by atoms with Gasteiger partial charge < -0.3 is 25.4 Å². The van der Waals surface area contributed by atoms with Crippen molar-refractivity contribution >= 4 is 55.7 Å².